The Morgan fingerprint density at radius 2 is 1.95 bits per heavy atom. The summed E-state index contributed by atoms with van der Waals surface area (Å²) in [7, 11) is 1.70. The maximum Gasteiger partial charge on any atom is 0.119 e. The van der Waals surface area contributed by atoms with Gasteiger partial charge in [-0.05, 0) is 34.9 Å². The minimum Gasteiger partial charge on any atom is -0.497 e. The van der Waals surface area contributed by atoms with E-state index in [2.05, 4.69) is 39.9 Å². The van der Waals surface area contributed by atoms with Gasteiger partial charge in [0.2, 0.25) is 0 Å². The molecule has 0 saturated heterocycles. The van der Waals surface area contributed by atoms with Crippen molar-refractivity contribution >= 4 is 10.8 Å². The normalized spacial score (nSPS) is 10.8. The summed E-state index contributed by atoms with van der Waals surface area (Å²) in [6.45, 7) is 0.960. The lowest BCUT2D eigenvalue weighted by molar-refractivity contribution is 0.415. The third-order valence-corrected chi connectivity index (χ3v) is 3.33. The molecule has 3 rings (SSSR count). The Kier molecular flexibility index (Phi) is 3.19. The number of aryl methyl sites for hydroxylation is 2. The average molecular weight is 252 g/mol. The number of benzene rings is 2. The fourth-order valence-corrected chi connectivity index (χ4v) is 2.23. The minimum atomic E-state index is 0.902. The van der Waals surface area contributed by atoms with Gasteiger partial charge in [0.15, 0.2) is 0 Å². The fraction of sp³-hybridized carbons (Fsp3) is 0.188. The van der Waals surface area contributed by atoms with Gasteiger partial charge in [0.25, 0.3) is 0 Å². The summed E-state index contributed by atoms with van der Waals surface area (Å²) in [4.78, 5) is 4.05. The van der Waals surface area contributed by atoms with E-state index >= 15 is 0 Å². The van der Waals surface area contributed by atoms with E-state index in [1.54, 1.807) is 7.11 Å². The predicted octanol–water partition coefficient (Wildman–Crippen LogP) is 3.29. The first-order valence-corrected chi connectivity index (χ1v) is 6.37. The molecule has 0 aliphatic heterocycles. The molecular weight excluding hydrogens is 236 g/mol. The van der Waals surface area contributed by atoms with E-state index < -0.39 is 0 Å². The molecule has 1 heterocycles. The molecule has 3 nitrogen and oxygen atoms in total. The second-order valence-electron chi connectivity index (χ2n) is 4.60. The number of methoxy groups -OCH3 is 1. The van der Waals surface area contributed by atoms with Crippen molar-refractivity contribution in [2.45, 2.75) is 13.0 Å². The van der Waals surface area contributed by atoms with Crippen molar-refractivity contribution in [2.75, 3.05) is 7.11 Å². The van der Waals surface area contributed by atoms with Gasteiger partial charge in [-0.2, -0.15) is 0 Å². The molecule has 0 saturated carbocycles. The topological polar surface area (TPSA) is 27.1 Å². The Morgan fingerprint density at radius 3 is 2.74 bits per heavy atom. The van der Waals surface area contributed by atoms with Crippen molar-refractivity contribution in [3.8, 4) is 5.75 Å². The number of nitrogens with zero attached hydrogens (tertiary/aromatic N) is 2. The number of imidazole rings is 1. The van der Waals surface area contributed by atoms with Gasteiger partial charge >= 0.3 is 0 Å². The zero-order valence-electron chi connectivity index (χ0n) is 10.9. The smallest absolute Gasteiger partial charge is 0.119 e. The molecule has 0 aliphatic carbocycles. The lowest BCUT2D eigenvalue weighted by atomic mass is 10.0. The molecule has 2 aromatic carbocycles. The number of fused-ring (bicyclic) bond motifs is 1. The van der Waals surface area contributed by atoms with E-state index in [1.807, 2.05) is 24.8 Å². The summed E-state index contributed by atoms with van der Waals surface area (Å²) in [5, 5.41) is 2.47. The highest BCUT2D eigenvalue weighted by Gasteiger charge is 1.99. The summed E-state index contributed by atoms with van der Waals surface area (Å²) in [5.74, 6) is 0.902. The molecule has 0 unspecified atom stereocenters. The molecule has 0 atom stereocenters. The molecule has 0 bridgehead atoms. The molecular formula is C16H16N2O. The Labute approximate surface area is 112 Å². The summed E-state index contributed by atoms with van der Waals surface area (Å²) in [6.07, 6.45) is 6.67. The third-order valence-electron chi connectivity index (χ3n) is 3.33. The molecule has 0 radical (unpaired) electrons. The van der Waals surface area contributed by atoms with Crippen LogP contribution in [0.2, 0.25) is 0 Å². The molecule has 1 aromatic heterocycles. The molecule has 0 fully saturated rings. The number of aromatic nitrogens is 2. The quantitative estimate of drug-likeness (QED) is 0.712. The average Bonchev–Trinajstić information content (AvgIpc) is 2.97. The fourth-order valence-electron chi connectivity index (χ4n) is 2.23. The Hall–Kier alpha value is -2.29. The van der Waals surface area contributed by atoms with Crippen LogP contribution >= 0.6 is 0 Å². The van der Waals surface area contributed by atoms with Gasteiger partial charge < -0.3 is 9.30 Å². The maximum absolute atomic E-state index is 5.24. The summed E-state index contributed by atoms with van der Waals surface area (Å²) in [6, 6.07) is 12.7. The standard InChI is InChI=1S/C16H16N2O/c1-19-16-5-4-14-10-13(2-3-15(14)11-16)6-8-18-9-7-17-12-18/h2-5,7,9-12H,6,8H2,1H3. The summed E-state index contributed by atoms with van der Waals surface area (Å²) in [5.41, 5.74) is 1.34. The molecule has 3 aromatic rings. The van der Waals surface area contributed by atoms with Crippen LogP contribution in [0.5, 0.6) is 5.75 Å². The van der Waals surface area contributed by atoms with Crippen LogP contribution in [0.15, 0.2) is 55.1 Å². The largest absolute Gasteiger partial charge is 0.497 e. The predicted molar refractivity (Wildman–Crippen MR) is 76.4 cm³/mol. The van der Waals surface area contributed by atoms with Crippen molar-refractivity contribution in [2.24, 2.45) is 0 Å². The molecule has 0 amide bonds. The Balaban J connectivity index is 1.81. The molecule has 3 heteroatoms. The lowest BCUT2D eigenvalue weighted by Crippen LogP contribution is -1.98. The molecule has 96 valence electrons. The van der Waals surface area contributed by atoms with Crippen LogP contribution in [0.25, 0.3) is 10.8 Å². The van der Waals surface area contributed by atoms with Crippen LogP contribution in [0.1, 0.15) is 5.56 Å². The number of ether oxygens (including phenoxy) is 1. The van der Waals surface area contributed by atoms with Gasteiger partial charge in [-0.15, -0.1) is 0 Å². The lowest BCUT2D eigenvalue weighted by Gasteiger charge is -2.06. The number of rotatable bonds is 4. The second-order valence-corrected chi connectivity index (χ2v) is 4.60. The van der Waals surface area contributed by atoms with Crippen molar-refractivity contribution in [3.63, 3.8) is 0 Å². The van der Waals surface area contributed by atoms with Crippen molar-refractivity contribution in [1.82, 2.24) is 9.55 Å². The number of hydrogen-bond donors (Lipinski definition) is 0. The van der Waals surface area contributed by atoms with E-state index in [9.17, 15) is 0 Å². The second kappa shape index (κ2) is 5.14. The van der Waals surface area contributed by atoms with Crippen LogP contribution in [0.4, 0.5) is 0 Å². The SMILES string of the molecule is COc1ccc2cc(CCn3ccnc3)ccc2c1. The van der Waals surface area contributed by atoms with E-state index in [-0.39, 0.29) is 0 Å². The zero-order valence-corrected chi connectivity index (χ0v) is 10.9. The first kappa shape index (κ1) is 11.8. The third kappa shape index (κ3) is 2.60. The van der Waals surface area contributed by atoms with Gasteiger partial charge in [0.05, 0.1) is 13.4 Å². The Bertz CT molecular complexity index is 674. The monoisotopic (exact) mass is 252 g/mol. The van der Waals surface area contributed by atoms with Gasteiger partial charge in [0, 0.05) is 18.9 Å². The van der Waals surface area contributed by atoms with Crippen LogP contribution in [-0.4, -0.2) is 16.7 Å². The molecule has 0 spiro atoms. The van der Waals surface area contributed by atoms with Gasteiger partial charge in [-0.3, -0.25) is 0 Å². The van der Waals surface area contributed by atoms with Crippen molar-refractivity contribution in [3.05, 3.63) is 60.7 Å². The van der Waals surface area contributed by atoms with Gasteiger partial charge in [-0.1, -0.05) is 24.3 Å². The molecule has 0 aliphatic rings. The molecule has 0 N–H and O–H groups in total. The van der Waals surface area contributed by atoms with E-state index in [0.29, 0.717) is 0 Å². The van der Waals surface area contributed by atoms with E-state index in [4.69, 9.17) is 4.74 Å². The van der Waals surface area contributed by atoms with Crippen LogP contribution < -0.4 is 4.74 Å². The minimum absolute atomic E-state index is 0.902. The first-order chi connectivity index (χ1) is 9.35. The maximum atomic E-state index is 5.24. The summed E-state index contributed by atoms with van der Waals surface area (Å²) >= 11 is 0. The van der Waals surface area contributed by atoms with Crippen LogP contribution in [0.3, 0.4) is 0 Å². The highest BCUT2D eigenvalue weighted by atomic mass is 16.5. The molecule has 19 heavy (non-hydrogen) atoms. The van der Waals surface area contributed by atoms with Crippen molar-refractivity contribution < 1.29 is 4.74 Å². The van der Waals surface area contributed by atoms with Gasteiger partial charge in [0.1, 0.15) is 5.75 Å². The Morgan fingerprint density at radius 1 is 1.11 bits per heavy atom. The highest BCUT2D eigenvalue weighted by molar-refractivity contribution is 5.84. The highest BCUT2D eigenvalue weighted by Crippen LogP contribution is 2.22. The van der Waals surface area contributed by atoms with E-state index in [1.165, 1.54) is 16.3 Å². The summed E-state index contributed by atoms with van der Waals surface area (Å²) < 4.78 is 7.33. The van der Waals surface area contributed by atoms with Crippen molar-refractivity contribution in [1.29, 1.82) is 0 Å². The van der Waals surface area contributed by atoms with E-state index in [0.717, 1.165) is 18.7 Å². The van der Waals surface area contributed by atoms with Crippen LogP contribution in [0, 0.1) is 0 Å². The van der Waals surface area contributed by atoms with Crippen LogP contribution in [-0.2, 0) is 13.0 Å². The zero-order chi connectivity index (χ0) is 13.1. The number of hydrogen-bond acceptors (Lipinski definition) is 2. The first-order valence-electron chi connectivity index (χ1n) is 6.37. The van der Waals surface area contributed by atoms with Gasteiger partial charge in [-0.25, -0.2) is 4.98 Å².